The van der Waals surface area contributed by atoms with E-state index in [2.05, 4.69) is 21.9 Å². The quantitative estimate of drug-likeness (QED) is 0.669. The summed E-state index contributed by atoms with van der Waals surface area (Å²) in [7, 11) is 0. The highest BCUT2D eigenvalue weighted by Gasteiger charge is 2.11. The summed E-state index contributed by atoms with van der Waals surface area (Å²) in [6.07, 6.45) is 4.90. The number of nitrogens with zero attached hydrogens (tertiary/aromatic N) is 3. The standard InChI is InChI=1S/C16H14ClN3O/c1-2-4-13-15(17)19-10-20-16(13)21-12-7-6-11-5-3-8-18-14(11)9-12/h3,5-10H,2,4H2,1H3. The number of fused-ring (bicyclic) bond motifs is 1. The normalized spacial score (nSPS) is 10.8. The second kappa shape index (κ2) is 6.06. The number of hydrogen-bond donors (Lipinski definition) is 0. The van der Waals surface area contributed by atoms with Crippen molar-refractivity contribution in [1.82, 2.24) is 15.0 Å². The lowest BCUT2D eigenvalue weighted by molar-refractivity contribution is 0.454. The molecule has 5 heteroatoms. The zero-order chi connectivity index (χ0) is 14.7. The van der Waals surface area contributed by atoms with E-state index in [0.717, 1.165) is 29.3 Å². The predicted molar refractivity (Wildman–Crippen MR) is 82.9 cm³/mol. The number of halogens is 1. The van der Waals surface area contributed by atoms with E-state index in [-0.39, 0.29) is 0 Å². The molecule has 0 bridgehead atoms. The van der Waals surface area contributed by atoms with Gasteiger partial charge in [-0.1, -0.05) is 31.0 Å². The van der Waals surface area contributed by atoms with Gasteiger partial charge in [0.2, 0.25) is 5.88 Å². The van der Waals surface area contributed by atoms with Crippen molar-refractivity contribution in [3.05, 3.63) is 53.6 Å². The van der Waals surface area contributed by atoms with Crippen LogP contribution < -0.4 is 4.74 Å². The summed E-state index contributed by atoms with van der Waals surface area (Å²) in [5, 5.41) is 1.51. The maximum atomic E-state index is 6.13. The van der Waals surface area contributed by atoms with Gasteiger partial charge in [-0.15, -0.1) is 0 Å². The minimum atomic E-state index is 0.445. The highest BCUT2D eigenvalue weighted by atomic mass is 35.5. The second-order valence-corrected chi connectivity index (χ2v) is 5.02. The monoisotopic (exact) mass is 299 g/mol. The van der Waals surface area contributed by atoms with Gasteiger partial charge in [0.25, 0.3) is 0 Å². The van der Waals surface area contributed by atoms with Crippen molar-refractivity contribution in [3.8, 4) is 11.6 Å². The molecule has 106 valence electrons. The molecule has 2 heterocycles. The van der Waals surface area contributed by atoms with Gasteiger partial charge in [0.15, 0.2) is 0 Å². The number of ether oxygens (including phenoxy) is 1. The summed E-state index contributed by atoms with van der Waals surface area (Å²) in [5.74, 6) is 1.19. The predicted octanol–water partition coefficient (Wildman–Crippen LogP) is 4.42. The summed E-state index contributed by atoms with van der Waals surface area (Å²) in [5.41, 5.74) is 1.72. The maximum absolute atomic E-state index is 6.13. The third-order valence-electron chi connectivity index (χ3n) is 3.15. The molecule has 0 N–H and O–H groups in total. The molecule has 0 aliphatic heterocycles. The lowest BCUT2D eigenvalue weighted by Gasteiger charge is -2.10. The third-order valence-corrected chi connectivity index (χ3v) is 3.47. The van der Waals surface area contributed by atoms with Crippen LogP contribution in [0.15, 0.2) is 42.9 Å². The van der Waals surface area contributed by atoms with E-state index < -0.39 is 0 Å². The molecule has 0 aliphatic carbocycles. The molecule has 21 heavy (non-hydrogen) atoms. The van der Waals surface area contributed by atoms with Crippen molar-refractivity contribution in [3.63, 3.8) is 0 Å². The fourth-order valence-electron chi connectivity index (χ4n) is 2.15. The van der Waals surface area contributed by atoms with Gasteiger partial charge in [-0.3, -0.25) is 4.98 Å². The van der Waals surface area contributed by atoms with Gasteiger partial charge in [-0.2, -0.15) is 0 Å². The molecule has 3 rings (SSSR count). The van der Waals surface area contributed by atoms with E-state index in [9.17, 15) is 0 Å². The van der Waals surface area contributed by atoms with Crippen LogP contribution in [0.5, 0.6) is 11.6 Å². The molecular weight excluding hydrogens is 286 g/mol. The molecule has 4 nitrogen and oxygen atoms in total. The molecule has 0 atom stereocenters. The third kappa shape index (κ3) is 2.95. The Labute approximate surface area is 127 Å². The highest BCUT2D eigenvalue weighted by Crippen LogP contribution is 2.29. The zero-order valence-electron chi connectivity index (χ0n) is 11.6. The van der Waals surface area contributed by atoms with Gasteiger partial charge >= 0.3 is 0 Å². The zero-order valence-corrected chi connectivity index (χ0v) is 12.3. The Kier molecular flexibility index (Phi) is 3.97. The highest BCUT2D eigenvalue weighted by molar-refractivity contribution is 6.30. The first kappa shape index (κ1) is 13.8. The fraction of sp³-hybridized carbons (Fsp3) is 0.188. The first-order chi connectivity index (χ1) is 10.3. The maximum Gasteiger partial charge on any atom is 0.227 e. The minimum absolute atomic E-state index is 0.445. The Bertz CT molecular complexity index is 776. The van der Waals surface area contributed by atoms with E-state index in [0.29, 0.717) is 16.8 Å². The number of aromatic nitrogens is 3. The smallest absolute Gasteiger partial charge is 0.227 e. The van der Waals surface area contributed by atoms with E-state index in [1.54, 1.807) is 6.20 Å². The average molecular weight is 300 g/mol. The number of pyridine rings is 1. The molecule has 3 aromatic rings. The Hall–Kier alpha value is -2.20. The average Bonchev–Trinajstić information content (AvgIpc) is 2.51. The van der Waals surface area contributed by atoms with Crippen molar-refractivity contribution >= 4 is 22.5 Å². The first-order valence-corrected chi connectivity index (χ1v) is 7.17. The summed E-state index contributed by atoms with van der Waals surface area (Å²) >= 11 is 6.13. The Morgan fingerprint density at radius 2 is 2.05 bits per heavy atom. The first-order valence-electron chi connectivity index (χ1n) is 6.80. The van der Waals surface area contributed by atoms with Crippen molar-refractivity contribution in [2.24, 2.45) is 0 Å². The summed E-state index contributed by atoms with van der Waals surface area (Å²) < 4.78 is 5.88. The van der Waals surface area contributed by atoms with Crippen LogP contribution in [0, 0.1) is 0 Å². The molecule has 0 fully saturated rings. The molecule has 0 aliphatic rings. The minimum Gasteiger partial charge on any atom is -0.438 e. The van der Waals surface area contributed by atoms with Gasteiger partial charge < -0.3 is 4.74 Å². The number of hydrogen-bond acceptors (Lipinski definition) is 4. The topological polar surface area (TPSA) is 47.9 Å². The molecule has 0 radical (unpaired) electrons. The van der Waals surface area contributed by atoms with Crippen LogP contribution in [0.25, 0.3) is 10.9 Å². The molecule has 0 spiro atoms. The number of rotatable bonds is 4. The molecule has 1 aromatic carbocycles. The summed E-state index contributed by atoms with van der Waals surface area (Å²) in [4.78, 5) is 12.5. The molecular formula is C16H14ClN3O. The van der Waals surface area contributed by atoms with E-state index >= 15 is 0 Å². The van der Waals surface area contributed by atoms with Crippen molar-refractivity contribution in [1.29, 1.82) is 0 Å². The van der Waals surface area contributed by atoms with E-state index in [1.165, 1.54) is 6.33 Å². The SMILES string of the molecule is CCCc1c(Cl)ncnc1Oc1ccc2cccnc2c1. The Balaban J connectivity index is 1.96. The number of benzene rings is 1. The molecule has 2 aromatic heterocycles. The van der Waals surface area contributed by atoms with Gasteiger partial charge in [0.05, 0.1) is 11.1 Å². The van der Waals surface area contributed by atoms with Crippen molar-refractivity contribution < 1.29 is 4.74 Å². The van der Waals surface area contributed by atoms with Gasteiger partial charge in [0, 0.05) is 17.6 Å². The van der Waals surface area contributed by atoms with Crippen LogP contribution >= 0.6 is 11.6 Å². The van der Waals surface area contributed by atoms with Crippen LogP contribution in [-0.2, 0) is 6.42 Å². The van der Waals surface area contributed by atoms with Crippen LogP contribution in [0.2, 0.25) is 5.15 Å². The van der Waals surface area contributed by atoms with Gasteiger partial charge in [0.1, 0.15) is 17.2 Å². The van der Waals surface area contributed by atoms with E-state index in [4.69, 9.17) is 16.3 Å². The van der Waals surface area contributed by atoms with Crippen molar-refractivity contribution in [2.45, 2.75) is 19.8 Å². The fourth-order valence-corrected chi connectivity index (χ4v) is 2.36. The summed E-state index contributed by atoms with van der Waals surface area (Å²) in [6.45, 7) is 2.08. The van der Waals surface area contributed by atoms with Gasteiger partial charge in [-0.25, -0.2) is 9.97 Å². The lowest BCUT2D eigenvalue weighted by Crippen LogP contribution is -1.97. The Morgan fingerprint density at radius 3 is 2.90 bits per heavy atom. The lowest BCUT2D eigenvalue weighted by atomic mass is 10.2. The summed E-state index contributed by atoms with van der Waals surface area (Å²) in [6, 6.07) is 9.68. The van der Waals surface area contributed by atoms with Crippen LogP contribution in [0.4, 0.5) is 0 Å². The van der Waals surface area contributed by atoms with Crippen LogP contribution in [0.1, 0.15) is 18.9 Å². The van der Waals surface area contributed by atoms with Crippen molar-refractivity contribution in [2.75, 3.05) is 0 Å². The molecule has 0 amide bonds. The molecule has 0 unspecified atom stereocenters. The molecule has 0 saturated heterocycles. The Morgan fingerprint density at radius 1 is 1.14 bits per heavy atom. The van der Waals surface area contributed by atoms with Crippen LogP contribution in [-0.4, -0.2) is 15.0 Å². The van der Waals surface area contributed by atoms with E-state index in [1.807, 2.05) is 30.3 Å². The molecule has 0 saturated carbocycles. The largest absolute Gasteiger partial charge is 0.438 e. The van der Waals surface area contributed by atoms with Gasteiger partial charge in [-0.05, 0) is 24.6 Å². The second-order valence-electron chi connectivity index (χ2n) is 4.66. The van der Waals surface area contributed by atoms with Crippen LogP contribution in [0.3, 0.4) is 0 Å².